The normalized spacial score (nSPS) is 23.1. The van der Waals surface area contributed by atoms with Crippen molar-refractivity contribution in [2.24, 2.45) is 23.5 Å². The summed E-state index contributed by atoms with van der Waals surface area (Å²) in [6, 6.07) is -0.584. The third-order valence-electron chi connectivity index (χ3n) is 6.28. The molecular weight excluding hydrogens is 436 g/mol. The molecule has 192 valence electrons. The molecule has 0 aromatic rings. The number of ether oxygens (including phenoxy) is 2. The van der Waals surface area contributed by atoms with Crippen molar-refractivity contribution in [1.82, 2.24) is 4.90 Å². The van der Waals surface area contributed by atoms with E-state index in [9.17, 15) is 19.2 Å². The van der Waals surface area contributed by atoms with E-state index in [1.54, 1.807) is 25.7 Å². The van der Waals surface area contributed by atoms with Crippen molar-refractivity contribution >= 4 is 23.8 Å². The average Bonchev–Trinajstić information content (AvgIpc) is 3.34. The first-order valence-electron chi connectivity index (χ1n) is 12.7. The predicted molar refractivity (Wildman–Crippen MR) is 128 cm³/mol. The number of nitrogens with two attached hydrogens (primary N) is 1. The molecule has 0 aromatic heterocycles. The van der Waals surface area contributed by atoms with Crippen LogP contribution in [0.15, 0.2) is 12.2 Å². The summed E-state index contributed by atoms with van der Waals surface area (Å²) in [6.45, 7) is 8.14. The monoisotopic (exact) mass is 478 g/mol. The Morgan fingerprint density at radius 2 is 1.88 bits per heavy atom. The van der Waals surface area contributed by atoms with Crippen LogP contribution in [-0.2, 0) is 28.7 Å². The number of carbonyl (C=O) groups is 4. The standard InChI is InChI=1S/C26H42N2O6/c1-5-33-25(32)20-16-18(20)12-9-7-6-8-10-13-19(17-22(29)34-26(2,3)4)24(31)28-15-11-14-21(28)23(27)30/h9,12,18-21H,5-8,10-11,13-17H2,1-4H3,(H2,27,30)/b12-9-/t18-,19-,20+,21+/m1/s1. The number of allylic oxidation sites excluding steroid dienone is 2. The van der Waals surface area contributed by atoms with Crippen LogP contribution in [-0.4, -0.2) is 53.4 Å². The van der Waals surface area contributed by atoms with Gasteiger partial charge in [-0.25, -0.2) is 0 Å². The van der Waals surface area contributed by atoms with E-state index in [1.165, 1.54) is 0 Å². The third kappa shape index (κ3) is 9.11. The molecule has 2 aliphatic rings. The number of amides is 2. The molecule has 0 unspecified atom stereocenters. The highest BCUT2D eigenvalue weighted by atomic mass is 16.6. The van der Waals surface area contributed by atoms with Gasteiger partial charge in [-0.1, -0.05) is 25.0 Å². The lowest BCUT2D eigenvalue weighted by molar-refractivity contribution is -0.158. The van der Waals surface area contributed by atoms with Crippen LogP contribution in [0, 0.1) is 17.8 Å². The zero-order valence-corrected chi connectivity index (χ0v) is 21.2. The second-order valence-electron chi connectivity index (χ2n) is 10.4. The minimum atomic E-state index is -0.617. The molecule has 2 fully saturated rings. The average molecular weight is 479 g/mol. The van der Waals surface area contributed by atoms with E-state index >= 15 is 0 Å². The molecule has 1 aliphatic heterocycles. The van der Waals surface area contributed by atoms with Crippen LogP contribution < -0.4 is 5.73 Å². The summed E-state index contributed by atoms with van der Waals surface area (Å²) in [4.78, 5) is 50.6. The number of unbranched alkanes of at least 4 members (excludes halogenated alkanes) is 3. The Morgan fingerprint density at radius 3 is 2.53 bits per heavy atom. The maximum absolute atomic E-state index is 13.2. The van der Waals surface area contributed by atoms with Gasteiger partial charge in [-0.15, -0.1) is 0 Å². The number of likely N-dealkylation sites (tertiary alicyclic amines) is 1. The van der Waals surface area contributed by atoms with E-state index in [0.717, 1.165) is 38.5 Å². The molecule has 34 heavy (non-hydrogen) atoms. The summed E-state index contributed by atoms with van der Waals surface area (Å²) < 4.78 is 10.5. The third-order valence-corrected chi connectivity index (χ3v) is 6.28. The van der Waals surface area contributed by atoms with Crippen molar-refractivity contribution in [3.05, 3.63) is 12.2 Å². The highest BCUT2D eigenvalue weighted by molar-refractivity contribution is 5.90. The molecule has 0 bridgehead atoms. The SMILES string of the molecule is CCOC(=O)[C@H]1C[C@H]1/C=C\CCCCC[C@H](CC(=O)OC(C)(C)C)C(=O)N1CCC[C@H]1C(N)=O. The Hall–Kier alpha value is -2.38. The smallest absolute Gasteiger partial charge is 0.309 e. The van der Waals surface area contributed by atoms with Crippen molar-refractivity contribution in [2.45, 2.75) is 97.1 Å². The summed E-state index contributed by atoms with van der Waals surface area (Å²) in [6.07, 6.45) is 10.6. The van der Waals surface area contributed by atoms with E-state index < -0.39 is 29.4 Å². The maximum Gasteiger partial charge on any atom is 0.309 e. The van der Waals surface area contributed by atoms with Crippen LogP contribution in [0.2, 0.25) is 0 Å². The van der Waals surface area contributed by atoms with Crippen molar-refractivity contribution in [3.8, 4) is 0 Å². The Labute approximate surface area is 203 Å². The topological polar surface area (TPSA) is 116 Å². The minimum Gasteiger partial charge on any atom is -0.466 e. The van der Waals surface area contributed by atoms with Gasteiger partial charge in [-0.3, -0.25) is 19.2 Å². The van der Waals surface area contributed by atoms with Gasteiger partial charge >= 0.3 is 11.9 Å². The van der Waals surface area contributed by atoms with Crippen molar-refractivity contribution in [2.75, 3.05) is 13.2 Å². The van der Waals surface area contributed by atoms with Crippen LogP contribution in [0.4, 0.5) is 0 Å². The lowest BCUT2D eigenvalue weighted by Crippen LogP contribution is -2.46. The molecule has 4 atom stereocenters. The van der Waals surface area contributed by atoms with E-state index in [-0.39, 0.29) is 24.2 Å². The summed E-state index contributed by atoms with van der Waals surface area (Å²) in [5, 5.41) is 0. The van der Waals surface area contributed by atoms with Gasteiger partial charge in [0, 0.05) is 12.5 Å². The van der Waals surface area contributed by atoms with Crippen molar-refractivity contribution in [1.29, 1.82) is 0 Å². The molecule has 2 amide bonds. The molecule has 1 heterocycles. The van der Waals surface area contributed by atoms with Crippen LogP contribution in [0.3, 0.4) is 0 Å². The number of hydrogen-bond donors (Lipinski definition) is 1. The molecule has 0 aromatic carbocycles. The largest absolute Gasteiger partial charge is 0.466 e. The summed E-state index contributed by atoms with van der Waals surface area (Å²) in [5.41, 5.74) is 4.87. The molecule has 1 aliphatic carbocycles. The van der Waals surface area contributed by atoms with E-state index in [2.05, 4.69) is 12.2 Å². The zero-order valence-electron chi connectivity index (χ0n) is 21.2. The predicted octanol–water partition coefficient (Wildman–Crippen LogP) is 3.52. The quantitative estimate of drug-likeness (QED) is 0.246. The van der Waals surface area contributed by atoms with Crippen LogP contribution in [0.25, 0.3) is 0 Å². The van der Waals surface area contributed by atoms with Gasteiger partial charge in [0.05, 0.1) is 18.9 Å². The Balaban J connectivity index is 1.80. The number of primary amides is 1. The zero-order chi connectivity index (χ0) is 25.3. The van der Waals surface area contributed by atoms with Gasteiger partial charge in [0.25, 0.3) is 0 Å². The van der Waals surface area contributed by atoms with Crippen molar-refractivity contribution in [3.63, 3.8) is 0 Å². The number of hydrogen-bond acceptors (Lipinski definition) is 6. The van der Waals surface area contributed by atoms with Gasteiger partial charge in [0.15, 0.2) is 0 Å². The summed E-state index contributed by atoms with van der Waals surface area (Å²) in [5.74, 6) is -1.36. The molecule has 2 rings (SSSR count). The Kier molecular flexibility index (Phi) is 10.6. The number of carbonyl (C=O) groups excluding carboxylic acids is 4. The Morgan fingerprint density at radius 1 is 1.15 bits per heavy atom. The second-order valence-corrected chi connectivity index (χ2v) is 10.4. The highest BCUT2D eigenvalue weighted by Crippen LogP contribution is 2.40. The summed E-state index contributed by atoms with van der Waals surface area (Å²) >= 11 is 0. The second kappa shape index (κ2) is 12.9. The molecular formula is C26H42N2O6. The van der Waals surface area contributed by atoms with Gasteiger partial charge < -0.3 is 20.1 Å². The highest BCUT2D eigenvalue weighted by Gasteiger charge is 2.42. The van der Waals surface area contributed by atoms with E-state index in [1.807, 2.05) is 6.92 Å². The van der Waals surface area contributed by atoms with Gasteiger partial charge in [-0.05, 0) is 72.1 Å². The first-order chi connectivity index (χ1) is 16.0. The molecule has 8 heteroatoms. The molecule has 1 saturated carbocycles. The molecule has 0 spiro atoms. The lowest BCUT2D eigenvalue weighted by Gasteiger charge is -2.28. The molecule has 8 nitrogen and oxygen atoms in total. The van der Waals surface area contributed by atoms with E-state index in [0.29, 0.717) is 31.9 Å². The van der Waals surface area contributed by atoms with Gasteiger partial charge in [-0.2, -0.15) is 0 Å². The number of rotatable bonds is 13. The van der Waals surface area contributed by atoms with Crippen molar-refractivity contribution < 1.29 is 28.7 Å². The lowest BCUT2D eigenvalue weighted by atomic mass is 9.95. The fourth-order valence-corrected chi connectivity index (χ4v) is 4.51. The van der Waals surface area contributed by atoms with Crippen LogP contribution in [0.1, 0.15) is 85.5 Å². The fraction of sp³-hybridized carbons (Fsp3) is 0.769. The fourth-order valence-electron chi connectivity index (χ4n) is 4.51. The molecule has 1 saturated heterocycles. The minimum absolute atomic E-state index is 0.00885. The van der Waals surface area contributed by atoms with Crippen LogP contribution in [0.5, 0.6) is 0 Å². The molecule has 2 N–H and O–H groups in total. The molecule has 0 radical (unpaired) electrons. The van der Waals surface area contributed by atoms with Crippen LogP contribution >= 0.6 is 0 Å². The van der Waals surface area contributed by atoms with Gasteiger partial charge in [0.1, 0.15) is 11.6 Å². The van der Waals surface area contributed by atoms with E-state index in [4.69, 9.17) is 15.2 Å². The first-order valence-corrected chi connectivity index (χ1v) is 12.7. The Bertz CT molecular complexity index is 757. The maximum atomic E-state index is 13.2. The first kappa shape index (κ1) is 27.9. The van der Waals surface area contributed by atoms with Gasteiger partial charge in [0.2, 0.25) is 11.8 Å². The summed E-state index contributed by atoms with van der Waals surface area (Å²) in [7, 11) is 0. The number of nitrogens with zero attached hydrogens (tertiary/aromatic N) is 1. The number of esters is 2.